The zero-order valence-electron chi connectivity index (χ0n) is 26.3. The van der Waals surface area contributed by atoms with Crippen LogP contribution in [0.25, 0.3) is 10.8 Å². The lowest BCUT2D eigenvalue weighted by Gasteiger charge is -2.40. The quantitative estimate of drug-likeness (QED) is 0.0668. The Hall–Kier alpha value is -3.06. The molecule has 3 unspecified atom stereocenters. The van der Waals surface area contributed by atoms with Gasteiger partial charge in [0.25, 0.3) is 0 Å². The predicted octanol–water partition coefficient (Wildman–Crippen LogP) is 10.3. The Kier molecular flexibility index (Phi) is 10.2. The summed E-state index contributed by atoms with van der Waals surface area (Å²) in [4.78, 5) is 0. The van der Waals surface area contributed by atoms with Crippen LogP contribution < -0.4 is 9.47 Å². The molecule has 4 aromatic rings. The molecule has 0 fully saturated rings. The third kappa shape index (κ3) is 7.96. The van der Waals surface area contributed by atoms with Crippen molar-refractivity contribution in [3.05, 3.63) is 114 Å². The first-order valence-corrected chi connectivity index (χ1v) is 16.7. The minimum absolute atomic E-state index is 0.00359. The van der Waals surface area contributed by atoms with Crippen LogP contribution in [-0.2, 0) is 4.74 Å². The zero-order chi connectivity index (χ0) is 31.3. The average Bonchev–Trinajstić information content (AvgIpc) is 2.97. The first kappa shape index (κ1) is 32.3. The number of phenols is 1. The molecular formula is C38H44O4S2. The van der Waals surface area contributed by atoms with E-state index in [1.165, 1.54) is 11.1 Å². The first-order chi connectivity index (χ1) is 21.0. The van der Waals surface area contributed by atoms with Crippen molar-refractivity contribution in [2.45, 2.75) is 69.0 Å². The number of phenolic OH excluding ortho intramolecular Hbond substituents is 1. The van der Waals surface area contributed by atoms with Crippen molar-refractivity contribution in [2.75, 3.05) is 13.2 Å². The van der Waals surface area contributed by atoms with Gasteiger partial charge in [-0.15, -0.1) is 11.8 Å². The van der Waals surface area contributed by atoms with Gasteiger partial charge in [0.05, 0.1) is 6.61 Å². The standard InChI is InChI=1S/C38H44O4S2/c1-37(2,3)35(28-16-20-30(39)21-17-28)44-38(4,5)34(43)27-18-22-31(23-19-27)42-36(29-12-8-13-29)41-25-24-40-33-15-9-11-26-10-6-7-14-32(26)33/h6-7,9-12,14-23,34-36,39,43H,8,13,24-25H2,1-5H3. The average molecular weight is 629 g/mol. The Labute approximate surface area is 272 Å². The third-order valence-electron chi connectivity index (χ3n) is 8.00. The molecule has 0 saturated carbocycles. The molecule has 0 bridgehead atoms. The van der Waals surface area contributed by atoms with E-state index in [9.17, 15) is 5.11 Å². The summed E-state index contributed by atoms with van der Waals surface area (Å²) < 4.78 is 18.4. The van der Waals surface area contributed by atoms with Crippen LogP contribution >= 0.6 is 24.4 Å². The van der Waals surface area contributed by atoms with E-state index in [1.54, 1.807) is 12.1 Å². The summed E-state index contributed by atoms with van der Waals surface area (Å²) >= 11 is 7.05. The van der Waals surface area contributed by atoms with E-state index in [-0.39, 0.29) is 26.4 Å². The molecule has 232 valence electrons. The second kappa shape index (κ2) is 13.9. The molecule has 3 atom stereocenters. The van der Waals surface area contributed by atoms with Gasteiger partial charge in [-0.3, -0.25) is 0 Å². The van der Waals surface area contributed by atoms with Gasteiger partial charge >= 0.3 is 0 Å². The fraction of sp³-hybridized carbons (Fsp3) is 0.368. The van der Waals surface area contributed by atoms with Crippen LogP contribution in [-0.4, -0.2) is 29.4 Å². The highest BCUT2D eigenvalue weighted by molar-refractivity contribution is 8.01. The van der Waals surface area contributed by atoms with E-state index >= 15 is 0 Å². The van der Waals surface area contributed by atoms with Crippen LogP contribution in [0, 0.1) is 5.41 Å². The summed E-state index contributed by atoms with van der Waals surface area (Å²) in [5.41, 5.74) is 3.54. The Balaban J connectivity index is 1.20. The Morgan fingerprint density at radius 3 is 2.14 bits per heavy atom. The van der Waals surface area contributed by atoms with E-state index in [4.69, 9.17) is 26.8 Å². The summed E-state index contributed by atoms with van der Waals surface area (Å²) in [5.74, 6) is 1.92. The van der Waals surface area contributed by atoms with E-state index in [0.717, 1.165) is 40.7 Å². The van der Waals surface area contributed by atoms with Gasteiger partial charge in [0.15, 0.2) is 0 Å². The second-order valence-corrected chi connectivity index (χ2v) is 15.3. The van der Waals surface area contributed by atoms with Crippen LogP contribution in [0.2, 0.25) is 0 Å². The number of rotatable bonds is 13. The van der Waals surface area contributed by atoms with Crippen molar-refractivity contribution in [3.63, 3.8) is 0 Å². The Morgan fingerprint density at radius 2 is 1.48 bits per heavy atom. The molecule has 0 aliphatic heterocycles. The maximum Gasteiger partial charge on any atom is 0.222 e. The molecule has 0 heterocycles. The second-order valence-electron chi connectivity index (χ2n) is 13.0. The number of allylic oxidation sites excluding steroid dienone is 1. The summed E-state index contributed by atoms with van der Waals surface area (Å²) in [6.45, 7) is 12.2. The van der Waals surface area contributed by atoms with Gasteiger partial charge in [-0.2, -0.15) is 12.6 Å². The normalized spacial score (nSPS) is 15.6. The molecule has 4 aromatic carbocycles. The minimum Gasteiger partial charge on any atom is -0.508 e. The van der Waals surface area contributed by atoms with E-state index in [1.807, 2.05) is 60.3 Å². The number of thioether (sulfide) groups is 1. The van der Waals surface area contributed by atoms with Gasteiger partial charge in [0, 0.05) is 20.6 Å². The molecule has 0 radical (unpaired) electrons. The number of aromatic hydroxyl groups is 1. The molecular weight excluding hydrogens is 585 g/mol. The summed E-state index contributed by atoms with van der Waals surface area (Å²) in [6, 6.07) is 30.2. The van der Waals surface area contributed by atoms with Crippen LogP contribution in [0.3, 0.4) is 0 Å². The van der Waals surface area contributed by atoms with Crippen molar-refractivity contribution in [3.8, 4) is 17.2 Å². The largest absolute Gasteiger partial charge is 0.508 e. The van der Waals surface area contributed by atoms with Crippen LogP contribution in [0.4, 0.5) is 0 Å². The topological polar surface area (TPSA) is 47.9 Å². The van der Waals surface area contributed by atoms with Gasteiger partial charge in [-0.1, -0.05) is 87.5 Å². The van der Waals surface area contributed by atoms with Crippen LogP contribution in [0.5, 0.6) is 17.2 Å². The molecule has 5 rings (SSSR count). The molecule has 1 N–H and O–H groups in total. The molecule has 0 spiro atoms. The lowest BCUT2D eigenvalue weighted by molar-refractivity contribution is -0.0656. The van der Waals surface area contributed by atoms with E-state index in [0.29, 0.717) is 13.2 Å². The van der Waals surface area contributed by atoms with Crippen molar-refractivity contribution in [1.29, 1.82) is 0 Å². The fourth-order valence-corrected chi connectivity index (χ4v) is 7.26. The fourth-order valence-electron chi connectivity index (χ4n) is 5.39. The highest BCUT2D eigenvalue weighted by Crippen LogP contribution is 2.54. The lowest BCUT2D eigenvalue weighted by atomic mass is 9.87. The molecule has 6 heteroatoms. The molecule has 0 aromatic heterocycles. The van der Waals surface area contributed by atoms with Gasteiger partial charge in [-0.25, -0.2) is 0 Å². The summed E-state index contributed by atoms with van der Waals surface area (Å²) in [5, 5.41) is 12.3. The third-order valence-corrected chi connectivity index (χ3v) is 11.2. The number of hydrogen-bond donors (Lipinski definition) is 2. The Morgan fingerprint density at radius 1 is 0.818 bits per heavy atom. The van der Waals surface area contributed by atoms with E-state index < -0.39 is 6.29 Å². The van der Waals surface area contributed by atoms with Crippen molar-refractivity contribution >= 4 is 35.2 Å². The molecule has 1 aliphatic carbocycles. The number of fused-ring (bicyclic) bond motifs is 1. The molecule has 44 heavy (non-hydrogen) atoms. The first-order valence-electron chi connectivity index (χ1n) is 15.3. The number of benzene rings is 4. The van der Waals surface area contributed by atoms with E-state index in [2.05, 4.69) is 71.0 Å². The smallest absolute Gasteiger partial charge is 0.222 e. The highest BCUT2D eigenvalue weighted by atomic mass is 32.2. The number of thiol groups is 1. The van der Waals surface area contributed by atoms with Crippen molar-refractivity contribution in [1.82, 2.24) is 0 Å². The van der Waals surface area contributed by atoms with Crippen LogP contribution in [0.1, 0.15) is 69.1 Å². The van der Waals surface area contributed by atoms with Gasteiger partial charge < -0.3 is 19.3 Å². The SMILES string of the molecule is CC(C)(C)C(SC(C)(C)C(S)c1ccc(OC(OCCOc2cccc3ccccc23)C2=CCC2)cc1)c1ccc(O)cc1. The molecule has 0 saturated heterocycles. The summed E-state index contributed by atoms with van der Waals surface area (Å²) in [7, 11) is 0. The predicted molar refractivity (Wildman–Crippen MR) is 187 cm³/mol. The monoisotopic (exact) mass is 628 g/mol. The molecule has 0 amide bonds. The molecule has 1 aliphatic rings. The minimum atomic E-state index is -0.428. The summed E-state index contributed by atoms with van der Waals surface area (Å²) in [6.07, 6.45) is 3.79. The van der Waals surface area contributed by atoms with Gasteiger partial charge in [0.2, 0.25) is 6.29 Å². The number of ether oxygens (including phenoxy) is 3. The molecule has 4 nitrogen and oxygen atoms in total. The Bertz CT molecular complexity index is 1550. The van der Waals surface area contributed by atoms with Crippen molar-refractivity contribution in [2.24, 2.45) is 5.41 Å². The maximum absolute atomic E-state index is 9.82. The van der Waals surface area contributed by atoms with Gasteiger partial charge in [0.1, 0.15) is 23.9 Å². The maximum atomic E-state index is 9.82. The zero-order valence-corrected chi connectivity index (χ0v) is 28.0. The van der Waals surface area contributed by atoms with Crippen LogP contribution in [0.15, 0.2) is 103 Å². The number of hydrogen-bond acceptors (Lipinski definition) is 6. The highest BCUT2D eigenvalue weighted by Gasteiger charge is 2.37. The van der Waals surface area contributed by atoms with Crippen molar-refractivity contribution < 1.29 is 19.3 Å². The lowest BCUT2D eigenvalue weighted by Crippen LogP contribution is -2.28. The van der Waals surface area contributed by atoms with Gasteiger partial charge in [-0.05, 0) is 84.5 Å².